The van der Waals surface area contributed by atoms with Gasteiger partial charge < -0.3 is 9.52 Å². The average Bonchev–Trinajstić information content (AvgIpc) is 2.44. The Kier molecular flexibility index (Phi) is 3.44. The van der Waals surface area contributed by atoms with Gasteiger partial charge in [0, 0.05) is 28.9 Å². The lowest BCUT2D eigenvalue weighted by atomic mass is 10.0. The highest BCUT2D eigenvalue weighted by molar-refractivity contribution is 5.81. The third-order valence-corrected chi connectivity index (χ3v) is 3.41. The maximum absolute atomic E-state index is 11.6. The van der Waals surface area contributed by atoms with Crippen molar-refractivity contribution in [1.82, 2.24) is 4.98 Å². The fourth-order valence-electron chi connectivity index (χ4n) is 2.43. The number of hydrogen-bond acceptors (Lipinski definition) is 4. The molecule has 0 amide bonds. The number of hydrogen-bond donors (Lipinski definition) is 1. The second-order valence-corrected chi connectivity index (χ2v) is 5.04. The molecule has 3 aromatic rings. The zero-order valence-corrected chi connectivity index (χ0v) is 11.7. The van der Waals surface area contributed by atoms with Crippen molar-refractivity contribution in [2.45, 2.75) is 19.8 Å². The van der Waals surface area contributed by atoms with Crippen molar-refractivity contribution in [3.63, 3.8) is 0 Å². The van der Waals surface area contributed by atoms with Gasteiger partial charge in [-0.1, -0.05) is 6.07 Å². The van der Waals surface area contributed by atoms with Crippen LogP contribution in [0.5, 0.6) is 5.75 Å². The monoisotopic (exact) mass is 281 g/mol. The van der Waals surface area contributed by atoms with Crippen LogP contribution >= 0.6 is 0 Å². The average molecular weight is 281 g/mol. The van der Waals surface area contributed by atoms with Gasteiger partial charge in [0.1, 0.15) is 11.3 Å². The zero-order valence-electron chi connectivity index (χ0n) is 11.7. The molecule has 4 heteroatoms. The Morgan fingerprint density at radius 2 is 2.00 bits per heavy atom. The smallest absolute Gasteiger partial charge is 0.336 e. The first-order valence-electron chi connectivity index (χ1n) is 6.80. The lowest BCUT2D eigenvalue weighted by molar-refractivity contribution is 0.473. The van der Waals surface area contributed by atoms with Crippen LogP contribution in [0.15, 0.2) is 51.7 Å². The predicted octanol–water partition coefficient (Wildman–Crippen LogP) is 2.99. The lowest BCUT2D eigenvalue weighted by Crippen LogP contribution is -2.03. The van der Waals surface area contributed by atoms with Gasteiger partial charge in [-0.2, -0.15) is 0 Å². The minimum atomic E-state index is -0.402. The largest absolute Gasteiger partial charge is 0.508 e. The number of phenolic OH excluding ortho intramolecular Hbond substituents is 1. The van der Waals surface area contributed by atoms with Crippen molar-refractivity contribution in [3.05, 3.63) is 69.8 Å². The number of rotatable bonds is 3. The van der Waals surface area contributed by atoms with E-state index in [2.05, 4.69) is 4.98 Å². The van der Waals surface area contributed by atoms with Crippen molar-refractivity contribution >= 4 is 11.0 Å². The molecule has 1 aromatic carbocycles. The predicted molar refractivity (Wildman–Crippen MR) is 80.5 cm³/mol. The quantitative estimate of drug-likeness (QED) is 0.750. The molecule has 3 rings (SSSR count). The summed E-state index contributed by atoms with van der Waals surface area (Å²) in [5.41, 5.74) is 2.89. The Bertz CT molecular complexity index is 852. The molecular formula is C17H15NO3. The normalized spacial score (nSPS) is 10.9. The van der Waals surface area contributed by atoms with Crippen LogP contribution in [0.25, 0.3) is 11.0 Å². The number of fused-ring (bicyclic) bond motifs is 1. The summed E-state index contributed by atoms with van der Waals surface area (Å²) in [5, 5.41) is 10.3. The topological polar surface area (TPSA) is 63.3 Å². The van der Waals surface area contributed by atoms with Crippen LogP contribution in [0.1, 0.15) is 17.0 Å². The summed E-state index contributed by atoms with van der Waals surface area (Å²) in [6.45, 7) is 1.96. The summed E-state index contributed by atoms with van der Waals surface area (Å²) in [5.74, 6) is 0.0863. The third kappa shape index (κ3) is 2.94. The van der Waals surface area contributed by atoms with E-state index in [0.717, 1.165) is 28.8 Å². The van der Waals surface area contributed by atoms with Crippen LogP contribution < -0.4 is 5.63 Å². The van der Waals surface area contributed by atoms with E-state index in [4.69, 9.17) is 4.42 Å². The number of phenols is 1. The fourth-order valence-corrected chi connectivity index (χ4v) is 2.43. The molecule has 0 bridgehead atoms. The maximum Gasteiger partial charge on any atom is 0.336 e. The molecule has 1 N–H and O–H groups in total. The van der Waals surface area contributed by atoms with Crippen LogP contribution in [0, 0.1) is 6.92 Å². The molecular weight excluding hydrogens is 266 g/mol. The second-order valence-electron chi connectivity index (χ2n) is 5.04. The molecule has 0 aliphatic heterocycles. The van der Waals surface area contributed by atoms with E-state index < -0.39 is 5.63 Å². The van der Waals surface area contributed by atoms with Crippen LogP contribution in [0.2, 0.25) is 0 Å². The van der Waals surface area contributed by atoms with E-state index in [1.54, 1.807) is 12.1 Å². The molecule has 0 saturated heterocycles. The number of nitrogens with zero attached hydrogens (tertiary/aromatic N) is 1. The SMILES string of the molecule is Cc1cccc(CCc2cc(=O)oc3cc(O)ccc23)n1. The van der Waals surface area contributed by atoms with E-state index in [-0.39, 0.29) is 5.75 Å². The molecule has 21 heavy (non-hydrogen) atoms. The van der Waals surface area contributed by atoms with Crippen molar-refractivity contribution in [1.29, 1.82) is 0 Å². The number of pyridine rings is 1. The lowest BCUT2D eigenvalue weighted by Gasteiger charge is -2.06. The molecule has 4 nitrogen and oxygen atoms in total. The van der Waals surface area contributed by atoms with Gasteiger partial charge in [0.15, 0.2) is 0 Å². The van der Waals surface area contributed by atoms with E-state index in [1.165, 1.54) is 12.1 Å². The molecule has 2 heterocycles. The number of benzene rings is 1. The van der Waals surface area contributed by atoms with E-state index >= 15 is 0 Å². The van der Waals surface area contributed by atoms with Crippen molar-refractivity contribution < 1.29 is 9.52 Å². The fraction of sp³-hybridized carbons (Fsp3) is 0.176. The molecule has 0 fully saturated rings. The molecule has 0 aliphatic rings. The Labute approximate surface area is 121 Å². The Morgan fingerprint density at radius 3 is 2.81 bits per heavy atom. The first-order valence-corrected chi connectivity index (χ1v) is 6.80. The van der Waals surface area contributed by atoms with E-state index in [9.17, 15) is 9.90 Å². The maximum atomic E-state index is 11.6. The van der Waals surface area contributed by atoms with Gasteiger partial charge >= 0.3 is 5.63 Å². The Morgan fingerprint density at radius 1 is 1.14 bits per heavy atom. The van der Waals surface area contributed by atoms with Gasteiger partial charge in [-0.15, -0.1) is 0 Å². The molecule has 0 atom stereocenters. The van der Waals surface area contributed by atoms with Gasteiger partial charge in [0.05, 0.1) is 0 Å². The minimum Gasteiger partial charge on any atom is -0.508 e. The second kappa shape index (κ2) is 5.40. The summed E-state index contributed by atoms with van der Waals surface area (Å²) in [6, 6.07) is 12.3. The molecule has 0 spiro atoms. The van der Waals surface area contributed by atoms with E-state index in [0.29, 0.717) is 12.0 Å². The zero-order chi connectivity index (χ0) is 14.8. The summed E-state index contributed by atoms with van der Waals surface area (Å²) in [6.07, 6.45) is 1.45. The Balaban J connectivity index is 1.95. The van der Waals surface area contributed by atoms with Crippen LogP contribution in [0.3, 0.4) is 0 Å². The third-order valence-electron chi connectivity index (χ3n) is 3.41. The van der Waals surface area contributed by atoms with Crippen molar-refractivity contribution in [2.24, 2.45) is 0 Å². The van der Waals surface area contributed by atoms with Crippen LogP contribution in [0.4, 0.5) is 0 Å². The minimum absolute atomic E-state index is 0.0863. The summed E-state index contributed by atoms with van der Waals surface area (Å²) in [7, 11) is 0. The van der Waals surface area contributed by atoms with E-state index in [1.807, 2.05) is 25.1 Å². The van der Waals surface area contributed by atoms with Crippen molar-refractivity contribution in [3.8, 4) is 5.75 Å². The summed E-state index contributed by atoms with van der Waals surface area (Å²) < 4.78 is 5.12. The van der Waals surface area contributed by atoms with Gasteiger partial charge in [0.2, 0.25) is 0 Å². The molecule has 0 saturated carbocycles. The Hall–Kier alpha value is -2.62. The summed E-state index contributed by atoms with van der Waals surface area (Å²) >= 11 is 0. The van der Waals surface area contributed by atoms with Gasteiger partial charge in [-0.05, 0) is 49.6 Å². The number of aromatic hydroxyl groups is 1. The number of aromatic nitrogens is 1. The summed E-state index contributed by atoms with van der Waals surface area (Å²) in [4.78, 5) is 16.1. The molecule has 0 radical (unpaired) electrons. The van der Waals surface area contributed by atoms with Crippen molar-refractivity contribution in [2.75, 3.05) is 0 Å². The van der Waals surface area contributed by atoms with Crippen LogP contribution in [-0.2, 0) is 12.8 Å². The molecule has 0 unspecified atom stereocenters. The molecule has 0 aliphatic carbocycles. The number of aryl methyl sites for hydroxylation is 3. The molecule has 106 valence electrons. The van der Waals surface area contributed by atoms with Gasteiger partial charge in [-0.3, -0.25) is 4.98 Å². The van der Waals surface area contributed by atoms with Gasteiger partial charge in [-0.25, -0.2) is 4.79 Å². The highest BCUT2D eigenvalue weighted by Gasteiger charge is 2.07. The standard InChI is InChI=1S/C17H15NO3/c1-11-3-2-4-13(18-11)6-5-12-9-17(20)21-16-10-14(19)7-8-15(12)16/h2-4,7-10,19H,5-6H2,1H3. The van der Waals surface area contributed by atoms with Gasteiger partial charge in [0.25, 0.3) is 0 Å². The first-order chi connectivity index (χ1) is 10.1. The van der Waals surface area contributed by atoms with Crippen LogP contribution in [-0.4, -0.2) is 10.1 Å². The first kappa shape index (κ1) is 13.4. The molecule has 2 aromatic heterocycles. The highest BCUT2D eigenvalue weighted by atomic mass is 16.4. The highest BCUT2D eigenvalue weighted by Crippen LogP contribution is 2.22.